The van der Waals surface area contributed by atoms with Crippen molar-refractivity contribution in [1.29, 1.82) is 5.26 Å². The minimum absolute atomic E-state index is 0.175. The maximum absolute atomic E-state index is 13.1. The summed E-state index contributed by atoms with van der Waals surface area (Å²) in [5.74, 6) is 0.517. The summed E-state index contributed by atoms with van der Waals surface area (Å²) in [6.07, 6.45) is 2.20. The van der Waals surface area contributed by atoms with Crippen LogP contribution in [-0.2, 0) is 0 Å². The van der Waals surface area contributed by atoms with Gasteiger partial charge < -0.3 is 0 Å². The number of rotatable bonds is 4. The minimum atomic E-state index is -0.422. The topological polar surface area (TPSA) is 23.8 Å². The van der Waals surface area contributed by atoms with Crippen molar-refractivity contribution in [3.63, 3.8) is 0 Å². The van der Waals surface area contributed by atoms with Gasteiger partial charge in [0.1, 0.15) is 17.4 Å². The number of nitrogens with zero attached hydrogens (tertiary/aromatic N) is 1. The molecule has 74 valence electrons. The molecule has 0 saturated heterocycles. The van der Waals surface area contributed by atoms with E-state index < -0.39 is 5.82 Å². The van der Waals surface area contributed by atoms with E-state index in [1.807, 2.05) is 6.07 Å². The third-order valence-corrected chi connectivity index (χ3v) is 2.99. The van der Waals surface area contributed by atoms with Gasteiger partial charge in [0.2, 0.25) is 0 Å². The van der Waals surface area contributed by atoms with Gasteiger partial charge in [-0.1, -0.05) is 19.4 Å². The smallest absolute Gasteiger partial charge is 0.142 e. The first-order chi connectivity index (χ1) is 6.79. The van der Waals surface area contributed by atoms with Crippen LogP contribution in [-0.4, -0.2) is 5.75 Å². The van der Waals surface area contributed by atoms with E-state index in [1.165, 1.54) is 6.07 Å². The summed E-state index contributed by atoms with van der Waals surface area (Å²) in [7, 11) is 0. The van der Waals surface area contributed by atoms with E-state index in [0.717, 1.165) is 23.5 Å². The Balaban J connectivity index is 2.76. The molecule has 1 rings (SSSR count). The second-order valence-corrected chi connectivity index (χ2v) is 4.06. The van der Waals surface area contributed by atoms with Crippen molar-refractivity contribution in [3.8, 4) is 6.07 Å². The molecule has 14 heavy (non-hydrogen) atoms. The standard InChI is InChI=1S/C11H12FNS/c1-2-3-7-14-11-6-4-5-10(12)9(11)8-13/h4-6H,2-3,7H2,1H3. The monoisotopic (exact) mass is 209 g/mol. The Bertz CT molecular complexity index is 344. The molecule has 0 amide bonds. The predicted octanol–water partition coefficient (Wildman–Crippen LogP) is 3.59. The SMILES string of the molecule is CCCCSc1cccc(F)c1C#N. The zero-order chi connectivity index (χ0) is 10.4. The first-order valence-electron chi connectivity index (χ1n) is 4.61. The Hall–Kier alpha value is -1.01. The molecule has 0 aliphatic rings. The minimum Gasteiger partial charge on any atom is -0.206 e. The van der Waals surface area contributed by atoms with Crippen molar-refractivity contribution in [3.05, 3.63) is 29.6 Å². The molecule has 0 spiro atoms. The maximum atomic E-state index is 13.1. The van der Waals surface area contributed by atoms with Crippen LogP contribution in [0.5, 0.6) is 0 Å². The highest BCUT2D eigenvalue weighted by Crippen LogP contribution is 2.24. The van der Waals surface area contributed by atoms with Crippen LogP contribution in [0, 0.1) is 17.1 Å². The molecule has 1 nitrogen and oxygen atoms in total. The van der Waals surface area contributed by atoms with E-state index >= 15 is 0 Å². The summed E-state index contributed by atoms with van der Waals surface area (Å²) >= 11 is 1.55. The van der Waals surface area contributed by atoms with Crippen molar-refractivity contribution in [2.45, 2.75) is 24.7 Å². The molecule has 0 N–H and O–H groups in total. The van der Waals surface area contributed by atoms with Crippen LogP contribution in [0.4, 0.5) is 4.39 Å². The van der Waals surface area contributed by atoms with Crippen molar-refractivity contribution in [2.24, 2.45) is 0 Å². The molecule has 0 radical (unpaired) electrons. The summed E-state index contributed by atoms with van der Waals surface area (Å²) in [4.78, 5) is 0.751. The van der Waals surface area contributed by atoms with Crippen LogP contribution < -0.4 is 0 Å². The van der Waals surface area contributed by atoms with Gasteiger partial charge in [0.15, 0.2) is 0 Å². The summed E-state index contributed by atoms with van der Waals surface area (Å²) in [6.45, 7) is 2.11. The van der Waals surface area contributed by atoms with Crippen LogP contribution >= 0.6 is 11.8 Å². The van der Waals surface area contributed by atoms with Gasteiger partial charge in [-0.15, -0.1) is 11.8 Å². The number of thioether (sulfide) groups is 1. The summed E-state index contributed by atoms with van der Waals surface area (Å²) in [6, 6.07) is 6.65. The lowest BCUT2D eigenvalue weighted by atomic mass is 10.2. The van der Waals surface area contributed by atoms with Gasteiger partial charge >= 0.3 is 0 Å². The van der Waals surface area contributed by atoms with Crippen LogP contribution in [0.1, 0.15) is 25.3 Å². The van der Waals surface area contributed by atoms with Gasteiger partial charge in [-0.05, 0) is 24.3 Å². The Labute approximate surface area is 87.9 Å². The molecule has 1 aromatic carbocycles. The lowest BCUT2D eigenvalue weighted by molar-refractivity contribution is 0.620. The first kappa shape index (κ1) is 11.1. The normalized spacial score (nSPS) is 9.79. The molecule has 3 heteroatoms. The molecule has 0 saturated carbocycles. The number of hydrogen-bond donors (Lipinski definition) is 0. The highest BCUT2D eigenvalue weighted by molar-refractivity contribution is 7.99. The average molecular weight is 209 g/mol. The Morgan fingerprint density at radius 3 is 2.93 bits per heavy atom. The maximum Gasteiger partial charge on any atom is 0.142 e. The quantitative estimate of drug-likeness (QED) is 0.559. The Kier molecular flexibility index (Phi) is 4.48. The lowest BCUT2D eigenvalue weighted by Crippen LogP contribution is -1.88. The summed E-state index contributed by atoms with van der Waals surface area (Å²) in [5, 5.41) is 8.75. The van der Waals surface area contributed by atoms with Gasteiger partial charge in [-0.3, -0.25) is 0 Å². The molecule has 0 heterocycles. The second-order valence-electron chi connectivity index (χ2n) is 2.93. The lowest BCUT2D eigenvalue weighted by Gasteiger charge is -2.03. The van der Waals surface area contributed by atoms with Crippen LogP contribution in [0.15, 0.2) is 23.1 Å². The summed E-state index contributed by atoms with van der Waals surface area (Å²) < 4.78 is 13.1. The van der Waals surface area contributed by atoms with Gasteiger partial charge in [-0.2, -0.15) is 5.26 Å². The molecule has 0 aliphatic carbocycles. The molecular formula is C11H12FNS. The average Bonchev–Trinajstić information content (AvgIpc) is 2.18. The third-order valence-electron chi connectivity index (χ3n) is 1.84. The van der Waals surface area contributed by atoms with Crippen LogP contribution in [0.2, 0.25) is 0 Å². The molecule has 0 atom stereocenters. The fourth-order valence-electron chi connectivity index (χ4n) is 1.06. The number of hydrogen-bond acceptors (Lipinski definition) is 2. The first-order valence-corrected chi connectivity index (χ1v) is 5.59. The van der Waals surface area contributed by atoms with E-state index in [9.17, 15) is 4.39 Å². The molecule has 1 aromatic rings. The Morgan fingerprint density at radius 2 is 2.29 bits per heavy atom. The Morgan fingerprint density at radius 1 is 1.50 bits per heavy atom. The van der Waals surface area contributed by atoms with E-state index in [1.54, 1.807) is 23.9 Å². The van der Waals surface area contributed by atoms with Gasteiger partial charge in [0, 0.05) is 4.90 Å². The van der Waals surface area contributed by atoms with Crippen molar-refractivity contribution >= 4 is 11.8 Å². The van der Waals surface area contributed by atoms with E-state index in [4.69, 9.17) is 5.26 Å². The van der Waals surface area contributed by atoms with Gasteiger partial charge in [0.25, 0.3) is 0 Å². The number of halogens is 1. The predicted molar refractivity (Wildman–Crippen MR) is 56.7 cm³/mol. The summed E-state index contributed by atoms with van der Waals surface area (Å²) in [5.41, 5.74) is 0.175. The molecular weight excluding hydrogens is 197 g/mol. The largest absolute Gasteiger partial charge is 0.206 e. The van der Waals surface area contributed by atoms with E-state index in [2.05, 4.69) is 6.92 Å². The molecule has 0 aliphatic heterocycles. The molecule has 0 fully saturated rings. The number of unbranched alkanes of at least 4 members (excludes halogenated alkanes) is 1. The van der Waals surface area contributed by atoms with Crippen LogP contribution in [0.25, 0.3) is 0 Å². The highest BCUT2D eigenvalue weighted by atomic mass is 32.2. The highest BCUT2D eigenvalue weighted by Gasteiger charge is 2.06. The second kappa shape index (κ2) is 5.66. The molecule has 0 aromatic heterocycles. The molecule has 0 unspecified atom stereocenters. The van der Waals surface area contributed by atoms with Crippen molar-refractivity contribution in [2.75, 3.05) is 5.75 Å². The zero-order valence-electron chi connectivity index (χ0n) is 8.09. The van der Waals surface area contributed by atoms with Crippen molar-refractivity contribution < 1.29 is 4.39 Å². The van der Waals surface area contributed by atoms with Crippen LogP contribution in [0.3, 0.4) is 0 Å². The number of benzene rings is 1. The fourth-order valence-corrected chi connectivity index (χ4v) is 2.17. The van der Waals surface area contributed by atoms with Gasteiger partial charge in [-0.25, -0.2) is 4.39 Å². The van der Waals surface area contributed by atoms with E-state index in [-0.39, 0.29) is 5.56 Å². The zero-order valence-corrected chi connectivity index (χ0v) is 8.90. The third kappa shape index (κ3) is 2.74. The fraction of sp³-hybridized carbons (Fsp3) is 0.364. The molecule has 0 bridgehead atoms. The van der Waals surface area contributed by atoms with E-state index in [0.29, 0.717) is 0 Å². The number of nitriles is 1. The van der Waals surface area contributed by atoms with Gasteiger partial charge in [0.05, 0.1) is 0 Å². The van der Waals surface area contributed by atoms with Crippen molar-refractivity contribution in [1.82, 2.24) is 0 Å².